The zero-order chi connectivity index (χ0) is 21.7. The zero-order valence-electron chi connectivity index (χ0n) is 15.9. The molecule has 2 aromatic carbocycles. The number of halogens is 3. The van der Waals surface area contributed by atoms with E-state index in [1.807, 2.05) is 30.3 Å². The van der Waals surface area contributed by atoms with E-state index in [0.29, 0.717) is 17.8 Å². The van der Waals surface area contributed by atoms with E-state index in [9.17, 15) is 27.6 Å². The lowest BCUT2D eigenvalue weighted by atomic mass is 10.1. The maximum absolute atomic E-state index is 12.7. The Hall–Kier alpha value is -3.36. The first kappa shape index (κ1) is 21.4. The van der Waals surface area contributed by atoms with Gasteiger partial charge in [-0.1, -0.05) is 48.5 Å². The standard InChI is InChI=1S/C21H20F3N3O3/c22-21(23,24)20(30)25-11-15-8-4-5-9-17(15)26-19(29)16-10-18(28)27(13-16)12-14-6-2-1-3-7-14/h1-9,16H,10-13H2,(H,25,30)(H,26,29). The number of anilines is 1. The van der Waals surface area contributed by atoms with Crippen LogP contribution in [0.3, 0.4) is 0 Å². The van der Waals surface area contributed by atoms with Gasteiger partial charge in [0.1, 0.15) is 0 Å². The number of hydrogen-bond acceptors (Lipinski definition) is 3. The van der Waals surface area contributed by atoms with Crippen molar-refractivity contribution >= 4 is 23.4 Å². The number of carbonyl (C=O) groups excluding carboxylic acids is 3. The molecular weight excluding hydrogens is 399 g/mol. The number of nitrogens with one attached hydrogen (secondary N) is 2. The van der Waals surface area contributed by atoms with Crippen LogP contribution in [-0.2, 0) is 27.5 Å². The maximum atomic E-state index is 12.7. The van der Waals surface area contributed by atoms with Gasteiger partial charge in [-0.15, -0.1) is 0 Å². The fourth-order valence-corrected chi connectivity index (χ4v) is 3.21. The van der Waals surface area contributed by atoms with E-state index in [1.54, 1.807) is 22.3 Å². The molecule has 1 atom stereocenters. The Balaban J connectivity index is 1.61. The Morgan fingerprint density at radius 3 is 2.40 bits per heavy atom. The van der Waals surface area contributed by atoms with E-state index >= 15 is 0 Å². The van der Waals surface area contributed by atoms with Crippen LogP contribution in [0.1, 0.15) is 17.5 Å². The first-order valence-corrected chi connectivity index (χ1v) is 9.29. The van der Waals surface area contributed by atoms with Gasteiger partial charge in [-0.2, -0.15) is 13.2 Å². The van der Waals surface area contributed by atoms with Crippen molar-refractivity contribution in [1.82, 2.24) is 10.2 Å². The smallest absolute Gasteiger partial charge is 0.344 e. The summed E-state index contributed by atoms with van der Waals surface area (Å²) in [5.74, 6) is -3.15. The molecule has 2 N–H and O–H groups in total. The topological polar surface area (TPSA) is 78.5 Å². The van der Waals surface area contributed by atoms with Crippen molar-refractivity contribution in [3.05, 3.63) is 65.7 Å². The summed E-state index contributed by atoms with van der Waals surface area (Å²) in [6.45, 7) is 0.272. The van der Waals surface area contributed by atoms with Crippen LogP contribution in [0.25, 0.3) is 0 Å². The number of benzene rings is 2. The first-order valence-electron chi connectivity index (χ1n) is 9.29. The number of rotatable bonds is 6. The molecule has 0 bridgehead atoms. The quantitative estimate of drug-likeness (QED) is 0.756. The van der Waals surface area contributed by atoms with Crippen molar-refractivity contribution in [3.8, 4) is 0 Å². The van der Waals surface area contributed by atoms with Crippen molar-refractivity contribution in [1.29, 1.82) is 0 Å². The van der Waals surface area contributed by atoms with Gasteiger partial charge >= 0.3 is 12.1 Å². The summed E-state index contributed by atoms with van der Waals surface area (Å²) in [6, 6.07) is 15.7. The van der Waals surface area contributed by atoms with E-state index in [-0.39, 0.29) is 18.9 Å². The van der Waals surface area contributed by atoms with Crippen LogP contribution in [-0.4, -0.2) is 35.3 Å². The van der Waals surface area contributed by atoms with E-state index in [2.05, 4.69) is 5.32 Å². The largest absolute Gasteiger partial charge is 0.471 e. The van der Waals surface area contributed by atoms with Crippen LogP contribution in [0, 0.1) is 5.92 Å². The normalized spacial score (nSPS) is 16.4. The molecule has 1 unspecified atom stereocenters. The van der Waals surface area contributed by atoms with Gasteiger partial charge in [0.2, 0.25) is 11.8 Å². The van der Waals surface area contributed by atoms with Crippen molar-refractivity contribution in [2.45, 2.75) is 25.7 Å². The molecule has 1 fully saturated rings. The second-order valence-corrected chi connectivity index (χ2v) is 6.99. The highest BCUT2D eigenvalue weighted by Gasteiger charge is 2.38. The van der Waals surface area contributed by atoms with Gasteiger partial charge in [0.15, 0.2) is 0 Å². The number of hydrogen-bond donors (Lipinski definition) is 2. The van der Waals surface area contributed by atoms with Crippen LogP contribution >= 0.6 is 0 Å². The second kappa shape index (κ2) is 8.98. The summed E-state index contributed by atoms with van der Waals surface area (Å²) in [6.07, 6.45) is -4.92. The average Bonchev–Trinajstić information content (AvgIpc) is 3.07. The highest BCUT2D eigenvalue weighted by molar-refractivity contribution is 5.97. The molecule has 1 heterocycles. The Bertz CT molecular complexity index is 932. The summed E-state index contributed by atoms with van der Waals surface area (Å²) in [4.78, 5) is 37.6. The summed E-state index contributed by atoms with van der Waals surface area (Å²) in [7, 11) is 0. The number of amides is 3. The minimum Gasteiger partial charge on any atom is -0.344 e. The Kier molecular flexibility index (Phi) is 6.39. The number of likely N-dealkylation sites (tertiary alicyclic amines) is 1. The monoisotopic (exact) mass is 419 g/mol. The molecule has 2 aromatic rings. The fraction of sp³-hybridized carbons (Fsp3) is 0.286. The number of para-hydroxylation sites is 1. The van der Waals surface area contributed by atoms with E-state index in [1.165, 1.54) is 12.1 Å². The molecule has 3 amide bonds. The summed E-state index contributed by atoms with van der Waals surface area (Å²) >= 11 is 0. The third-order valence-corrected chi connectivity index (χ3v) is 4.77. The number of carbonyl (C=O) groups is 3. The molecule has 1 aliphatic rings. The van der Waals surface area contributed by atoms with E-state index in [0.717, 1.165) is 5.56 Å². The van der Waals surface area contributed by atoms with Gasteiger partial charge in [0.25, 0.3) is 0 Å². The van der Waals surface area contributed by atoms with Crippen molar-refractivity contribution in [2.75, 3.05) is 11.9 Å². The van der Waals surface area contributed by atoms with Crippen LogP contribution < -0.4 is 10.6 Å². The second-order valence-electron chi connectivity index (χ2n) is 6.99. The van der Waals surface area contributed by atoms with Crippen molar-refractivity contribution in [3.63, 3.8) is 0 Å². The predicted octanol–water partition coefficient (Wildman–Crippen LogP) is 2.85. The first-order chi connectivity index (χ1) is 14.2. The SMILES string of the molecule is O=C(Nc1ccccc1CNC(=O)C(F)(F)F)C1CC(=O)N(Cc2ccccc2)C1. The molecule has 0 saturated carbocycles. The molecule has 1 aliphatic heterocycles. The predicted molar refractivity (Wildman–Crippen MR) is 103 cm³/mol. The molecule has 1 saturated heterocycles. The van der Waals surface area contributed by atoms with E-state index < -0.39 is 30.5 Å². The highest BCUT2D eigenvalue weighted by Crippen LogP contribution is 2.23. The molecule has 3 rings (SSSR count). The maximum Gasteiger partial charge on any atom is 0.471 e. The Morgan fingerprint density at radius 1 is 1.03 bits per heavy atom. The lowest BCUT2D eigenvalue weighted by Crippen LogP contribution is -2.36. The lowest BCUT2D eigenvalue weighted by molar-refractivity contribution is -0.173. The van der Waals surface area contributed by atoms with Gasteiger partial charge in [0.05, 0.1) is 5.92 Å². The van der Waals surface area contributed by atoms with E-state index in [4.69, 9.17) is 0 Å². The molecule has 9 heteroatoms. The minimum absolute atomic E-state index is 0.0612. The van der Waals surface area contributed by atoms with Crippen molar-refractivity contribution < 1.29 is 27.6 Å². The van der Waals surface area contributed by atoms with Gasteiger partial charge in [-0.05, 0) is 17.2 Å². The summed E-state index contributed by atoms with van der Waals surface area (Å²) in [5, 5.41) is 4.46. The zero-order valence-corrected chi connectivity index (χ0v) is 15.9. The Labute approximate surface area is 171 Å². The molecular formula is C21H20F3N3O3. The number of nitrogens with zero attached hydrogens (tertiary/aromatic N) is 1. The molecule has 0 aliphatic carbocycles. The molecule has 158 valence electrons. The molecule has 0 spiro atoms. The fourth-order valence-electron chi connectivity index (χ4n) is 3.21. The number of alkyl halides is 3. The van der Waals surface area contributed by atoms with Gasteiger partial charge in [-0.3, -0.25) is 14.4 Å². The summed E-state index contributed by atoms with van der Waals surface area (Å²) < 4.78 is 37.1. The van der Waals surface area contributed by atoms with Gasteiger partial charge < -0.3 is 15.5 Å². The highest BCUT2D eigenvalue weighted by atomic mass is 19.4. The van der Waals surface area contributed by atoms with Crippen LogP contribution in [0.4, 0.5) is 18.9 Å². The van der Waals surface area contributed by atoms with Crippen molar-refractivity contribution in [2.24, 2.45) is 5.92 Å². The van der Waals surface area contributed by atoms with Crippen LogP contribution in [0.2, 0.25) is 0 Å². The van der Waals surface area contributed by atoms with Gasteiger partial charge in [0, 0.05) is 31.7 Å². The summed E-state index contributed by atoms with van der Waals surface area (Å²) in [5.41, 5.74) is 1.57. The molecule has 0 aromatic heterocycles. The minimum atomic E-state index is -4.98. The molecule has 6 nitrogen and oxygen atoms in total. The molecule has 30 heavy (non-hydrogen) atoms. The van der Waals surface area contributed by atoms with Crippen LogP contribution in [0.15, 0.2) is 54.6 Å². The third-order valence-electron chi connectivity index (χ3n) is 4.77. The van der Waals surface area contributed by atoms with Gasteiger partial charge in [-0.25, -0.2) is 0 Å². The average molecular weight is 419 g/mol. The third kappa shape index (κ3) is 5.37. The molecule has 0 radical (unpaired) electrons. The Morgan fingerprint density at radius 2 is 1.70 bits per heavy atom. The lowest BCUT2D eigenvalue weighted by Gasteiger charge is -2.17. The van der Waals surface area contributed by atoms with Crippen LogP contribution in [0.5, 0.6) is 0 Å².